The van der Waals surface area contributed by atoms with Crippen LogP contribution in [-0.4, -0.2) is 56.5 Å². The molecule has 1 heterocycles. The Morgan fingerprint density at radius 3 is 2.33 bits per heavy atom. The number of rotatable bonds is 3. The lowest BCUT2D eigenvalue weighted by Crippen LogP contribution is -2.42. The Hall–Kier alpha value is -0.370. The van der Waals surface area contributed by atoms with Crippen molar-refractivity contribution in [3.05, 3.63) is 0 Å². The average Bonchev–Trinajstić information content (AvgIpc) is 2.33. The van der Waals surface area contributed by atoms with Crippen molar-refractivity contribution < 1.29 is 14.7 Å². The van der Waals surface area contributed by atoms with E-state index in [0.29, 0.717) is 4.43 Å². The van der Waals surface area contributed by atoms with Gasteiger partial charge in [0.15, 0.2) is 0 Å². The first-order valence-electron chi connectivity index (χ1n) is 4.66. The molecule has 86 valence electrons. The van der Waals surface area contributed by atoms with Gasteiger partial charge in [-0.05, 0) is 13.8 Å². The Labute approximate surface area is 103 Å². The molecule has 1 aliphatic heterocycles. The fourth-order valence-corrected chi connectivity index (χ4v) is 1.68. The molecule has 15 heavy (non-hydrogen) atoms. The van der Waals surface area contributed by atoms with Crippen molar-refractivity contribution in [2.45, 2.75) is 25.5 Å². The molecule has 0 aliphatic carbocycles. The van der Waals surface area contributed by atoms with Crippen molar-refractivity contribution >= 4 is 34.5 Å². The lowest BCUT2D eigenvalue weighted by molar-refractivity contribution is -0.132. The van der Waals surface area contributed by atoms with E-state index in [9.17, 15) is 14.7 Å². The topological polar surface area (TPSA) is 60.9 Å². The monoisotopic (exact) mass is 326 g/mol. The Kier molecular flexibility index (Phi) is 3.59. The molecule has 0 aromatic rings. The number of halogens is 1. The normalized spacial score (nSPS) is 22.5. The van der Waals surface area contributed by atoms with Crippen LogP contribution in [0.3, 0.4) is 0 Å². The third-order valence-corrected chi connectivity index (χ3v) is 3.71. The number of imide groups is 1. The smallest absolute Gasteiger partial charge is 0.327 e. The van der Waals surface area contributed by atoms with Crippen molar-refractivity contribution in [2.24, 2.45) is 0 Å². The minimum atomic E-state index is -0.803. The molecule has 1 atom stereocenters. The maximum absolute atomic E-state index is 11.8. The number of alkyl halides is 1. The van der Waals surface area contributed by atoms with E-state index >= 15 is 0 Å². The summed E-state index contributed by atoms with van der Waals surface area (Å²) in [6.07, 6.45) is -0.652. The summed E-state index contributed by atoms with van der Waals surface area (Å²) >= 11 is 2.02. The van der Waals surface area contributed by atoms with Gasteiger partial charge in [0.1, 0.15) is 5.54 Å². The predicted octanol–water partition coefficient (Wildman–Crippen LogP) is 0.455. The van der Waals surface area contributed by atoms with E-state index in [0.717, 1.165) is 4.90 Å². The zero-order chi connectivity index (χ0) is 11.8. The number of carbonyl (C=O) groups is 2. The minimum absolute atomic E-state index is 0.0778. The molecule has 1 rings (SSSR count). The van der Waals surface area contributed by atoms with E-state index in [1.165, 1.54) is 4.90 Å². The molecule has 5 nitrogen and oxygen atoms in total. The molecular weight excluding hydrogens is 311 g/mol. The first-order valence-corrected chi connectivity index (χ1v) is 6.18. The van der Waals surface area contributed by atoms with Crippen LogP contribution in [0, 0.1) is 0 Å². The summed E-state index contributed by atoms with van der Waals surface area (Å²) in [6, 6.07) is -0.339. The van der Waals surface area contributed by atoms with Crippen LogP contribution in [-0.2, 0) is 4.79 Å². The molecular formula is C9H15IN2O3. The van der Waals surface area contributed by atoms with Crippen molar-refractivity contribution in [1.82, 2.24) is 9.80 Å². The SMILES string of the molecule is CN1C(=O)N(CC(O)CI)C(=O)C1(C)C. The first kappa shape index (κ1) is 12.7. The van der Waals surface area contributed by atoms with Crippen LogP contribution in [0.4, 0.5) is 4.79 Å². The number of nitrogens with zero attached hydrogens (tertiary/aromatic N) is 2. The summed E-state index contributed by atoms with van der Waals surface area (Å²) in [5.41, 5.74) is -0.803. The summed E-state index contributed by atoms with van der Waals surface area (Å²) in [6.45, 7) is 3.47. The highest BCUT2D eigenvalue weighted by atomic mass is 127. The summed E-state index contributed by atoms with van der Waals surface area (Å²) in [7, 11) is 1.59. The molecule has 6 heteroatoms. The second-order valence-electron chi connectivity index (χ2n) is 4.12. The lowest BCUT2D eigenvalue weighted by atomic mass is 10.1. The third-order valence-electron chi connectivity index (χ3n) is 2.70. The molecule has 0 radical (unpaired) electrons. The number of β-amino-alcohol motifs (C(OH)–C–C–N with tert-alkyl or cyclic N) is 1. The second-order valence-corrected chi connectivity index (χ2v) is 5.01. The largest absolute Gasteiger partial charge is 0.390 e. The molecule has 0 aromatic carbocycles. The van der Waals surface area contributed by atoms with Crippen LogP contribution in [0.25, 0.3) is 0 Å². The molecule has 3 amide bonds. The number of urea groups is 1. The van der Waals surface area contributed by atoms with E-state index in [1.807, 2.05) is 22.6 Å². The molecule has 1 fully saturated rings. The van der Waals surface area contributed by atoms with Crippen LogP contribution in [0.5, 0.6) is 0 Å². The molecule has 0 spiro atoms. The number of hydrogen-bond donors (Lipinski definition) is 1. The van der Waals surface area contributed by atoms with E-state index < -0.39 is 11.6 Å². The van der Waals surface area contributed by atoms with Crippen molar-refractivity contribution in [1.29, 1.82) is 0 Å². The van der Waals surface area contributed by atoms with Crippen LogP contribution in [0.2, 0.25) is 0 Å². The number of aliphatic hydroxyl groups excluding tert-OH is 1. The van der Waals surface area contributed by atoms with E-state index in [1.54, 1.807) is 20.9 Å². The van der Waals surface area contributed by atoms with Crippen LogP contribution < -0.4 is 0 Å². The highest BCUT2D eigenvalue weighted by molar-refractivity contribution is 14.1. The standard InChI is InChI=1S/C9H15IN2O3/c1-9(2)7(14)12(5-6(13)4-10)8(15)11(9)3/h6,13H,4-5H2,1-3H3. The van der Waals surface area contributed by atoms with Gasteiger partial charge in [-0.25, -0.2) is 4.79 Å². The number of carbonyl (C=O) groups excluding carboxylic acids is 2. The van der Waals surface area contributed by atoms with Crippen molar-refractivity contribution in [3.8, 4) is 0 Å². The molecule has 1 saturated heterocycles. The number of hydrogen-bond acceptors (Lipinski definition) is 3. The highest BCUT2D eigenvalue weighted by Gasteiger charge is 2.49. The van der Waals surface area contributed by atoms with Gasteiger partial charge >= 0.3 is 6.03 Å². The van der Waals surface area contributed by atoms with Crippen LogP contribution >= 0.6 is 22.6 Å². The van der Waals surface area contributed by atoms with Gasteiger partial charge < -0.3 is 10.0 Å². The van der Waals surface area contributed by atoms with Gasteiger partial charge in [0.25, 0.3) is 5.91 Å². The maximum Gasteiger partial charge on any atom is 0.327 e. The highest BCUT2D eigenvalue weighted by Crippen LogP contribution is 2.25. The first-order chi connectivity index (χ1) is 6.82. The number of aliphatic hydroxyl groups is 1. The summed E-state index contributed by atoms with van der Waals surface area (Å²) in [4.78, 5) is 26.1. The average molecular weight is 326 g/mol. The summed E-state index contributed by atoms with van der Waals surface area (Å²) in [5, 5.41) is 9.44. The van der Waals surface area contributed by atoms with Gasteiger partial charge in [0, 0.05) is 11.5 Å². The fourth-order valence-electron chi connectivity index (χ4n) is 1.40. The van der Waals surface area contributed by atoms with Gasteiger partial charge in [-0.15, -0.1) is 0 Å². The van der Waals surface area contributed by atoms with Gasteiger partial charge in [0.05, 0.1) is 12.6 Å². The molecule has 1 unspecified atom stereocenters. The maximum atomic E-state index is 11.8. The van der Waals surface area contributed by atoms with E-state index in [4.69, 9.17) is 0 Å². The van der Waals surface area contributed by atoms with E-state index in [-0.39, 0.29) is 18.5 Å². The van der Waals surface area contributed by atoms with Gasteiger partial charge in [-0.3, -0.25) is 9.69 Å². The molecule has 0 aromatic heterocycles. The van der Waals surface area contributed by atoms with Crippen LogP contribution in [0.15, 0.2) is 0 Å². The van der Waals surface area contributed by atoms with Gasteiger partial charge in [-0.1, -0.05) is 22.6 Å². The van der Waals surface area contributed by atoms with Crippen molar-refractivity contribution in [2.75, 3.05) is 18.0 Å². The molecule has 0 saturated carbocycles. The number of amides is 3. The quantitative estimate of drug-likeness (QED) is 0.466. The Morgan fingerprint density at radius 1 is 1.47 bits per heavy atom. The molecule has 1 N–H and O–H groups in total. The minimum Gasteiger partial charge on any atom is -0.390 e. The Morgan fingerprint density at radius 2 is 2.00 bits per heavy atom. The Bertz CT molecular complexity index is 293. The van der Waals surface area contributed by atoms with E-state index in [2.05, 4.69) is 0 Å². The summed E-state index contributed by atoms with van der Waals surface area (Å²) in [5.74, 6) is -0.251. The predicted molar refractivity (Wildman–Crippen MR) is 63.8 cm³/mol. The van der Waals surface area contributed by atoms with Crippen LogP contribution in [0.1, 0.15) is 13.8 Å². The lowest BCUT2D eigenvalue weighted by Gasteiger charge is -2.22. The molecule has 0 bridgehead atoms. The Balaban J connectivity index is 2.84. The van der Waals surface area contributed by atoms with Gasteiger partial charge in [-0.2, -0.15) is 0 Å². The zero-order valence-corrected chi connectivity index (χ0v) is 11.2. The fraction of sp³-hybridized carbons (Fsp3) is 0.778. The second kappa shape index (κ2) is 4.25. The summed E-state index contributed by atoms with van der Waals surface area (Å²) < 4.78 is 0.499. The zero-order valence-electron chi connectivity index (χ0n) is 9.03. The molecule has 1 aliphatic rings. The van der Waals surface area contributed by atoms with Gasteiger partial charge in [0.2, 0.25) is 0 Å². The van der Waals surface area contributed by atoms with Crippen molar-refractivity contribution in [3.63, 3.8) is 0 Å². The number of likely N-dealkylation sites (N-methyl/N-ethyl adjacent to an activating group) is 1. The third kappa shape index (κ3) is 2.10.